The standard InChI is InChI=1S/C21H19/c1-13(2)14(3)18-11-9-17-8-7-15-5-4-6-16-10-12-19(18)21(17)20(15)16/h4-13H,1-3H3. The van der Waals surface area contributed by atoms with Crippen molar-refractivity contribution in [1.29, 1.82) is 0 Å². The van der Waals surface area contributed by atoms with Gasteiger partial charge in [0, 0.05) is 5.92 Å². The molecule has 0 atom stereocenters. The van der Waals surface area contributed by atoms with Crippen LogP contribution < -0.4 is 0 Å². The minimum atomic E-state index is 0.573. The molecular weight excluding hydrogens is 252 g/mol. The summed E-state index contributed by atoms with van der Waals surface area (Å²) in [6, 6.07) is 20.2. The van der Waals surface area contributed by atoms with E-state index < -0.39 is 0 Å². The van der Waals surface area contributed by atoms with Gasteiger partial charge in [-0.15, -0.1) is 0 Å². The lowest BCUT2D eigenvalue weighted by atomic mass is 9.84. The molecule has 0 heteroatoms. The molecule has 0 unspecified atom stereocenters. The molecule has 0 aliphatic carbocycles. The first-order valence-corrected chi connectivity index (χ1v) is 7.67. The first kappa shape index (κ1) is 12.6. The lowest BCUT2D eigenvalue weighted by Gasteiger charge is -2.20. The first-order valence-electron chi connectivity index (χ1n) is 7.67. The van der Waals surface area contributed by atoms with E-state index in [1.165, 1.54) is 43.8 Å². The highest BCUT2D eigenvalue weighted by Gasteiger charge is 2.16. The summed E-state index contributed by atoms with van der Waals surface area (Å²) in [7, 11) is 0. The van der Waals surface area contributed by atoms with E-state index >= 15 is 0 Å². The average molecular weight is 271 g/mol. The van der Waals surface area contributed by atoms with Crippen LogP contribution in [0, 0.1) is 11.8 Å². The van der Waals surface area contributed by atoms with Crippen LogP contribution in [-0.4, -0.2) is 0 Å². The highest BCUT2D eigenvalue weighted by atomic mass is 14.2. The summed E-state index contributed by atoms with van der Waals surface area (Å²) in [5.74, 6) is 2.04. The predicted octanol–water partition coefficient (Wildman–Crippen LogP) is 6.18. The first-order chi connectivity index (χ1) is 10.2. The maximum absolute atomic E-state index is 2.30. The van der Waals surface area contributed by atoms with E-state index in [-0.39, 0.29) is 0 Å². The Morgan fingerprint density at radius 1 is 0.714 bits per heavy atom. The van der Waals surface area contributed by atoms with Gasteiger partial charge >= 0.3 is 0 Å². The molecule has 0 saturated carbocycles. The topological polar surface area (TPSA) is 0 Å². The smallest absolute Gasteiger partial charge is 0.00506 e. The zero-order valence-electron chi connectivity index (χ0n) is 12.8. The second-order valence-corrected chi connectivity index (χ2v) is 6.31. The maximum atomic E-state index is 2.30. The van der Waals surface area contributed by atoms with Crippen molar-refractivity contribution < 1.29 is 0 Å². The fraction of sp³-hybridized carbons (Fsp3) is 0.190. The van der Waals surface area contributed by atoms with Crippen LogP contribution in [0.5, 0.6) is 0 Å². The molecule has 103 valence electrons. The average Bonchev–Trinajstić information content (AvgIpc) is 2.51. The SMILES string of the molecule is C[C](c1ccc2ccc3cccc4ccc1c2c34)C(C)C. The Hall–Kier alpha value is -2.08. The highest BCUT2D eigenvalue weighted by Crippen LogP contribution is 2.38. The Morgan fingerprint density at radius 3 is 1.95 bits per heavy atom. The number of hydrogen-bond donors (Lipinski definition) is 0. The van der Waals surface area contributed by atoms with Gasteiger partial charge < -0.3 is 0 Å². The molecule has 4 rings (SSSR count). The van der Waals surface area contributed by atoms with Crippen molar-refractivity contribution in [1.82, 2.24) is 0 Å². The summed E-state index contributed by atoms with van der Waals surface area (Å²) < 4.78 is 0. The van der Waals surface area contributed by atoms with Crippen molar-refractivity contribution in [3.05, 3.63) is 66.1 Å². The third kappa shape index (κ3) is 1.75. The van der Waals surface area contributed by atoms with Crippen LogP contribution >= 0.6 is 0 Å². The summed E-state index contributed by atoms with van der Waals surface area (Å²) in [6.07, 6.45) is 0. The Balaban J connectivity index is 2.20. The summed E-state index contributed by atoms with van der Waals surface area (Å²) in [5, 5.41) is 8.24. The van der Waals surface area contributed by atoms with Gasteiger partial charge in [-0.3, -0.25) is 0 Å². The van der Waals surface area contributed by atoms with Crippen molar-refractivity contribution in [2.45, 2.75) is 20.8 Å². The van der Waals surface area contributed by atoms with Crippen molar-refractivity contribution >= 4 is 32.3 Å². The van der Waals surface area contributed by atoms with Gasteiger partial charge in [-0.1, -0.05) is 75.4 Å². The Morgan fingerprint density at radius 2 is 1.29 bits per heavy atom. The van der Waals surface area contributed by atoms with Crippen molar-refractivity contribution in [2.75, 3.05) is 0 Å². The summed E-state index contributed by atoms with van der Waals surface area (Å²) in [6.45, 7) is 6.80. The van der Waals surface area contributed by atoms with E-state index in [9.17, 15) is 0 Å². The zero-order chi connectivity index (χ0) is 14.6. The molecule has 0 aliphatic rings. The molecule has 1 radical (unpaired) electrons. The highest BCUT2D eigenvalue weighted by molar-refractivity contribution is 6.23. The van der Waals surface area contributed by atoms with Crippen LogP contribution in [0.2, 0.25) is 0 Å². The van der Waals surface area contributed by atoms with Gasteiger partial charge in [-0.05, 0) is 43.8 Å². The van der Waals surface area contributed by atoms with Crippen LogP contribution in [0.15, 0.2) is 54.6 Å². The fourth-order valence-electron chi connectivity index (χ4n) is 3.39. The van der Waals surface area contributed by atoms with Gasteiger partial charge in [0.1, 0.15) is 0 Å². The molecule has 0 bridgehead atoms. The largest absolute Gasteiger partial charge is 0.0619 e. The van der Waals surface area contributed by atoms with Crippen LogP contribution in [0.25, 0.3) is 32.3 Å². The van der Waals surface area contributed by atoms with Crippen LogP contribution in [-0.2, 0) is 0 Å². The predicted molar refractivity (Wildman–Crippen MR) is 93.0 cm³/mol. The van der Waals surface area contributed by atoms with E-state index in [0.717, 1.165) is 0 Å². The summed E-state index contributed by atoms with van der Waals surface area (Å²) in [4.78, 5) is 0. The van der Waals surface area contributed by atoms with Crippen molar-refractivity contribution in [3.63, 3.8) is 0 Å². The molecule has 0 nitrogen and oxygen atoms in total. The van der Waals surface area contributed by atoms with Crippen molar-refractivity contribution in [3.8, 4) is 0 Å². The van der Waals surface area contributed by atoms with Crippen LogP contribution in [0.1, 0.15) is 26.3 Å². The van der Waals surface area contributed by atoms with Crippen molar-refractivity contribution in [2.24, 2.45) is 5.92 Å². The summed E-state index contributed by atoms with van der Waals surface area (Å²) in [5.41, 5.74) is 1.40. The Labute approximate surface area is 125 Å². The second-order valence-electron chi connectivity index (χ2n) is 6.31. The van der Waals surface area contributed by atoms with Gasteiger partial charge in [0.15, 0.2) is 0 Å². The number of benzene rings is 4. The van der Waals surface area contributed by atoms with Gasteiger partial charge in [0.25, 0.3) is 0 Å². The van der Waals surface area contributed by atoms with E-state index in [2.05, 4.69) is 75.4 Å². The number of hydrogen-bond acceptors (Lipinski definition) is 0. The third-order valence-corrected chi connectivity index (χ3v) is 4.82. The zero-order valence-corrected chi connectivity index (χ0v) is 12.8. The minimum Gasteiger partial charge on any atom is -0.0619 e. The molecule has 0 N–H and O–H groups in total. The second kappa shape index (κ2) is 4.46. The molecule has 4 aromatic carbocycles. The molecule has 0 spiro atoms. The van der Waals surface area contributed by atoms with E-state index in [1.807, 2.05) is 0 Å². The Bertz CT molecular complexity index is 915. The fourth-order valence-corrected chi connectivity index (χ4v) is 3.39. The normalized spacial score (nSPS) is 12.4. The van der Waals surface area contributed by atoms with Gasteiger partial charge in [-0.2, -0.15) is 0 Å². The van der Waals surface area contributed by atoms with E-state index in [1.54, 1.807) is 0 Å². The molecule has 0 amide bonds. The summed E-state index contributed by atoms with van der Waals surface area (Å²) >= 11 is 0. The van der Waals surface area contributed by atoms with Crippen LogP contribution in [0.3, 0.4) is 0 Å². The molecule has 4 aromatic rings. The maximum Gasteiger partial charge on any atom is 0.00506 e. The Kier molecular flexibility index (Phi) is 2.68. The lowest BCUT2D eigenvalue weighted by molar-refractivity contribution is 0.693. The molecule has 21 heavy (non-hydrogen) atoms. The molecular formula is C21H19. The van der Waals surface area contributed by atoms with Gasteiger partial charge in [-0.25, -0.2) is 0 Å². The van der Waals surface area contributed by atoms with E-state index in [0.29, 0.717) is 5.92 Å². The molecule has 0 aliphatic heterocycles. The molecule has 0 saturated heterocycles. The minimum absolute atomic E-state index is 0.573. The number of rotatable bonds is 2. The van der Waals surface area contributed by atoms with E-state index in [4.69, 9.17) is 0 Å². The quantitative estimate of drug-likeness (QED) is 0.382. The van der Waals surface area contributed by atoms with Gasteiger partial charge in [0.05, 0.1) is 0 Å². The monoisotopic (exact) mass is 271 g/mol. The molecule has 0 heterocycles. The molecule has 0 aromatic heterocycles. The molecule has 0 fully saturated rings. The lowest BCUT2D eigenvalue weighted by Crippen LogP contribution is -2.04. The third-order valence-electron chi connectivity index (χ3n) is 4.82. The van der Waals surface area contributed by atoms with Crippen LogP contribution in [0.4, 0.5) is 0 Å². The van der Waals surface area contributed by atoms with Gasteiger partial charge in [0.2, 0.25) is 0 Å².